The molecule has 92 valence electrons. The first-order valence-corrected chi connectivity index (χ1v) is 6.16. The predicted octanol–water partition coefficient (Wildman–Crippen LogP) is -0.316. The number of aromatic nitrogens is 1. The van der Waals surface area contributed by atoms with Gasteiger partial charge in [-0.3, -0.25) is 14.5 Å². The zero-order valence-electron chi connectivity index (χ0n) is 9.13. The molecular formula is C10H13N3O3S. The lowest BCUT2D eigenvalue weighted by Gasteiger charge is -2.32. The molecule has 7 heteroatoms. The summed E-state index contributed by atoms with van der Waals surface area (Å²) >= 11 is 1.28. The Balaban J connectivity index is 2.01. The van der Waals surface area contributed by atoms with E-state index in [4.69, 9.17) is 5.11 Å². The molecule has 1 atom stereocenters. The minimum Gasteiger partial charge on any atom is -0.480 e. The quantitative estimate of drug-likeness (QED) is 0.718. The monoisotopic (exact) mass is 255 g/mol. The zero-order chi connectivity index (χ0) is 12.3. The van der Waals surface area contributed by atoms with Crippen molar-refractivity contribution in [3.8, 4) is 0 Å². The van der Waals surface area contributed by atoms with E-state index in [1.807, 2.05) is 0 Å². The third-order valence-electron chi connectivity index (χ3n) is 2.66. The first-order valence-electron chi connectivity index (χ1n) is 5.29. The van der Waals surface area contributed by atoms with Crippen molar-refractivity contribution < 1.29 is 14.7 Å². The molecule has 2 rings (SSSR count). The molecule has 2 N–H and O–H groups in total. The first-order chi connectivity index (χ1) is 8.18. The van der Waals surface area contributed by atoms with Crippen molar-refractivity contribution in [1.29, 1.82) is 0 Å². The van der Waals surface area contributed by atoms with E-state index in [0.29, 0.717) is 24.6 Å². The van der Waals surface area contributed by atoms with Crippen molar-refractivity contribution in [2.45, 2.75) is 6.04 Å². The number of rotatable bonds is 4. The fourth-order valence-corrected chi connectivity index (χ4v) is 2.36. The van der Waals surface area contributed by atoms with Crippen molar-refractivity contribution in [1.82, 2.24) is 15.2 Å². The second-order valence-corrected chi connectivity index (χ2v) is 4.68. The van der Waals surface area contributed by atoms with Gasteiger partial charge in [0, 0.05) is 31.2 Å². The van der Waals surface area contributed by atoms with Crippen molar-refractivity contribution in [2.75, 3.05) is 26.2 Å². The smallest absolute Gasteiger partial charge is 0.322 e. The van der Waals surface area contributed by atoms with Crippen molar-refractivity contribution >= 4 is 23.1 Å². The van der Waals surface area contributed by atoms with Crippen LogP contribution >= 0.6 is 11.3 Å². The third-order valence-corrected chi connectivity index (χ3v) is 3.47. The summed E-state index contributed by atoms with van der Waals surface area (Å²) in [4.78, 5) is 28.5. The summed E-state index contributed by atoms with van der Waals surface area (Å²) < 4.78 is 0. The molecule has 1 aromatic rings. The van der Waals surface area contributed by atoms with Crippen LogP contribution in [0.1, 0.15) is 9.80 Å². The maximum absolute atomic E-state index is 11.8. The van der Waals surface area contributed by atoms with E-state index in [1.165, 1.54) is 11.3 Å². The molecule has 1 aliphatic rings. The Morgan fingerprint density at radius 2 is 2.47 bits per heavy atom. The summed E-state index contributed by atoms with van der Waals surface area (Å²) in [6.45, 7) is 1.76. The van der Waals surface area contributed by atoms with Crippen LogP contribution in [0.4, 0.5) is 0 Å². The van der Waals surface area contributed by atoms with Gasteiger partial charge in [0.2, 0.25) is 5.78 Å². The second kappa shape index (κ2) is 5.35. The molecule has 0 amide bonds. The van der Waals surface area contributed by atoms with Crippen LogP contribution in [0.25, 0.3) is 0 Å². The van der Waals surface area contributed by atoms with E-state index < -0.39 is 12.0 Å². The van der Waals surface area contributed by atoms with E-state index in [2.05, 4.69) is 10.3 Å². The molecule has 1 unspecified atom stereocenters. The maximum Gasteiger partial charge on any atom is 0.322 e. The fraction of sp³-hybridized carbons (Fsp3) is 0.500. The molecule has 0 saturated carbocycles. The number of piperazine rings is 1. The van der Waals surface area contributed by atoms with Gasteiger partial charge in [0.05, 0.1) is 6.54 Å². The summed E-state index contributed by atoms with van der Waals surface area (Å²) in [6.07, 6.45) is 1.57. The molecular weight excluding hydrogens is 242 g/mol. The Morgan fingerprint density at radius 3 is 3.12 bits per heavy atom. The van der Waals surface area contributed by atoms with Crippen LogP contribution in [0.2, 0.25) is 0 Å². The molecule has 0 radical (unpaired) electrons. The zero-order valence-corrected chi connectivity index (χ0v) is 9.94. The number of hydrogen-bond acceptors (Lipinski definition) is 6. The van der Waals surface area contributed by atoms with E-state index in [-0.39, 0.29) is 12.3 Å². The number of nitrogens with one attached hydrogen (secondary N) is 1. The highest BCUT2D eigenvalue weighted by Crippen LogP contribution is 2.09. The van der Waals surface area contributed by atoms with Crippen molar-refractivity contribution in [3.05, 3.63) is 16.6 Å². The van der Waals surface area contributed by atoms with E-state index in [9.17, 15) is 9.59 Å². The van der Waals surface area contributed by atoms with Gasteiger partial charge in [0.1, 0.15) is 6.04 Å². The minimum atomic E-state index is -0.899. The molecule has 1 saturated heterocycles. The SMILES string of the molecule is O=C(CN1CCNCC1C(=O)O)c1nccs1. The highest BCUT2D eigenvalue weighted by molar-refractivity contribution is 7.11. The lowest BCUT2D eigenvalue weighted by atomic mass is 10.2. The van der Waals surface area contributed by atoms with Gasteiger partial charge < -0.3 is 10.4 Å². The van der Waals surface area contributed by atoms with Crippen molar-refractivity contribution in [3.63, 3.8) is 0 Å². The number of ketones is 1. The Kier molecular flexibility index (Phi) is 3.82. The molecule has 1 aliphatic heterocycles. The van der Waals surface area contributed by atoms with Gasteiger partial charge in [0.25, 0.3) is 0 Å². The Hall–Kier alpha value is -1.31. The van der Waals surface area contributed by atoms with Gasteiger partial charge in [0.15, 0.2) is 5.01 Å². The fourth-order valence-electron chi connectivity index (χ4n) is 1.79. The summed E-state index contributed by atoms with van der Waals surface area (Å²) in [5, 5.41) is 14.2. The molecule has 0 bridgehead atoms. The molecule has 0 spiro atoms. The van der Waals surface area contributed by atoms with Crippen molar-refractivity contribution in [2.24, 2.45) is 0 Å². The topological polar surface area (TPSA) is 82.5 Å². The second-order valence-electron chi connectivity index (χ2n) is 3.79. The van der Waals surface area contributed by atoms with Crippen LogP contribution in [0.3, 0.4) is 0 Å². The number of thiazole rings is 1. The Bertz CT molecular complexity index is 407. The van der Waals surface area contributed by atoms with Gasteiger partial charge in [-0.2, -0.15) is 0 Å². The summed E-state index contributed by atoms with van der Waals surface area (Å²) in [6, 6.07) is -0.632. The maximum atomic E-state index is 11.8. The number of nitrogens with zero attached hydrogens (tertiary/aromatic N) is 2. The molecule has 2 heterocycles. The molecule has 0 aliphatic carbocycles. The molecule has 1 aromatic heterocycles. The number of carboxylic acid groups (broad SMARTS) is 1. The Labute approximate surface area is 102 Å². The number of carboxylic acids is 1. The van der Waals surface area contributed by atoms with Crippen LogP contribution in [-0.2, 0) is 4.79 Å². The molecule has 17 heavy (non-hydrogen) atoms. The van der Waals surface area contributed by atoms with Crippen LogP contribution in [0, 0.1) is 0 Å². The number of carbonyl (C=O) groups is 2. The highest BCUT2D eigenvalue weighted by atomic mass is 32.1. The first kappa shape index (κ1) is 12.2. The number of aliphatic carboxylic acids is 1. The summed E-state index contributed by atoms with van der Waals surface area (Å²) in [5.74, 6) is -1.02. The van der Waals surface area contributed by atoms with E-state index in [0.717, 1.165) is 0 Å². The lowest BCUT2D eigenvalue weighted by molar-refractivity contribution is -0.143. The van der Waals surface area contributed by atoms with Gasteiger partial charge in [-0.15, -0.1) is 11.3 Å². The number of Topliss-reactive ketones (excluding diaryl/α,β-unsaturated/α-hetero) is 1. The molecule has 6 nitrogen and oxygen atoms in total. The Morgan fingerprint density at radius 1 is 1.65 bits per heavy atom. The van der Waals surface area contributed by atoms with Crippen LogP contribution in [0.5, 0.6) is 0 Å². The van der Waals surface area contributed by atoms with Gasteiger partial charge in [-0.1, -0.05) is 0 Å². The van der Waals surface area contributed by atoms with Gasteiger partial charge in [-0.05, 0) is 0 Å². The average molecular weight is 255 g/mol. The van der Waals surface area contributed by atoms with E-state index >= 15 is 0 Å². The highest BCUT2D eigenvalue weighted by Gasteiger charge is 2.30. The normalized spacial score (nSPS) is 21.3. The van der Waals surface area contributed by atoms with Crippen LogP contribution in [0.15, 0.2) is 11.6 Å². The molecule has 0 aromatic carbocycles. The van der Waals surface area contributed by atoms with E-state index in [1.54, 1.807) is 16.5 Å². The lowest BCUT2D eigenvalue weighted by Crippen LogP contribution is -2.56. The van der Waals surface area contributed by atoms with Crippen LogP contribution in [-0.4, -0.2) is 59.0 Å². The predicted molar refractivity (Wildman–Crippen MR) is 62.3 cm³/mol. The summed E-state index contributed by atoms with van der Waals surface area (Å²) in [5.41, 5.74) is 0. The largest absolute Gasteiger partial charge is 0.480 e. The van der Waals surface area contributed by atoms with Gasteiger partial charge in [-0.25, -0.2) is 4.98 Å². The number of carbonyl (C=O) groups excluding carboxylic acids is 1. The number of hydrogen-bond donors (Lipinski definition) is 2. The van der Waals surface area contributed by atoms with Gasteiger partial charge >= 0.3 is 5.97 Å². The third kappa shape index (κ3) is 2.87. The minimum absolute atomic E-state index is 0.117. The standard InChI is InChI=1S/C10H13N3O3S/c14-8(9-12-2-4-17-9)6-13-3-1-11-5-7(13)10(15)16/h2,4,7,11H,1,3,5-6H2,(H,15,16). The average Bonchev–Trinajstić information content (AvgIpc) is 2.83. The summed E-state index contributed by atoms with van der Waals surface area (Å²) in [7, 11) is 0. The molecule has 1 fully saturated rings. The van der Waals surface area contributed by atoms with Crippen LogP contribution < -0.4 is 5.32 Å².